The van der Waals surface area contributed by atoms with E-state index in [0.29, 0.717) is 0 Å². The van der Waals surface area contributed by atoms with Gasteiger partial charge in [0.25, 0.3) is 0 Å². The van der Waals surface area contributed by atoms with Gasteiger partial charge in [-0.2, -0.15) is 0 Å². The minimum atomic E-state index is -0.111. The van der Waals surface area contributed by atoms with Gasteiger partial charge in [0, 0.05) is 25.1 Å². The van der Waals surface area contributed by atoms with Crippen LogP contribution in [0.25, 0.3) is 0 Å². The highest BCUT2D eigenvalue weighted by Crippen LogP contribution is 2.28. The summed E-state index contributed by atoms with van der Waals surface area (Å²) in [6.07, 6.45) is 5.43. The van der Waals surface area contributed by atoms with Gasteiger partial charge in [-0.05, 0) is 43.2 Å². The number of benzene rings is 1. The number of aromatic nitrogens is 2. The summed E-state index contributed by atoms with van der Waals surface area (Å²) < 4.78 is 7.61. The SMILES string of the molecule is Cc1ccc(C)c(NC(c2ccco2)c2nccn2C)c1. The van der Waals surface area contributed by atoms with Crippen molar-refractivity contribution in [1.82, 2.24) is 9.55 Å². The molecule has 0 amide bonds. The largest absolute Gasteiger partial charge is 0.467 e. The van der Waals surface area contributed by atoms with Crippen molar-refractivity contribution in [3.05, 3.63) is 71.7 Å². The molecule has 21 heavy (non-hydrogen) atoms. The van der Waals surface area contributed by atoms with E-state index in [1.54, 1.807) is 12.5 Å². The molecule has 2 heterocycles. The Morgan fingerprint density at radius 2 is 2.10 bits per heavy atom. The monoisotopic (exact) mass is 281 g/mol. The molecule has 0 aliphatic heterocycles. The molecule has 1 N–H and O–H groups in total. The predicted molar refractivity (Wildman–Crippen MR) is 83.3 cm³/mol. The van der Waals surface area contributed by atoms with Crippen LogP contribution in [0.2, 0.25) is 0 Å². The Balaban J connectivity index is 2.01. The lowest BCUT2D eigenvalue weighted by Crippen LogP contribution is -2.16. The minimum Gasteiger partial charge on any atom is -0.467 e. The van der Waals surface area contributed by atoms with Crippen LogP contribution in [0, 0.1) is 13.8 Å². The summed E-state index contributed by atoms with van der Waals surface area (Å²) in [4.78, 5) is 4.46. The molecule has 3 rings (SSSR count). The third-order valence-corrected chi connectivity index (χ3v) is 3.64. The molecule has 0 radical (unpaired) electrons. The Bertz CT molecular complexity index is 728. The molecular formula is C17H19N3O. The maximum atomic E-state index is 5.60. The maximum absolute atomic E-state index is 5.60. The highest BCUT2D eigenvalue weighted by Gasteiger charge is 2.21. The van der Waals surface area contributed by atoms with E-state index in [0.717, 1.165) is 17.3 Å². The Labute approximate surface area is 124 Å². The van der Waals surface area contributed by atoms with E-state index >= 15 is 0 Å². The van der Waals surface area contributed by atoms with Crippen molar-refractivity contribution in [2.24, 2.45) is 7.05 Å². The maximum Gasteiger partial charge on any atom is 0.143 e. The van der Waals surface area contributed by atoms with E-state index in [-0.39, 0.29) is 6.04 Å². The second-order valence-corrected chi connectivity index (χ2v) is 5.31. The second kappa shape index (κ2) is 5.48. The van der Waals surface area contributed by atoms with Crippen molar-refractivity contribution in [1.29, 1.82) is 0 Å². The molecule has 4 nitrogen and oxygen atoms in total. The van der Waals surface area contributed by atoms with Crippen LogP contribution >= 0.6 is 0 Å². The number of furan rings is 1. The van der Waals surface area contributed by atoms with Crippen LogP contribution in [-0.4, -0.2) is 9.55 Å². The molecule has 0 aliphatic rings. The topological polar surface area (TPSA) is 43.0 Å². The van der Waals surface area contributed by atoms with Crippen LogP contribution in [0.3, 0.4) is 0 Å². The fraction of sp³-hybridized carbons (Fsp3) is 0.235. The Morgan fingerprint density at radius 3 is 2.76 bits per heavy atom. The summed E-state index contributed by atoms with van der Waals surface area (Å²) in [6, 6.07) is 10.1. The molecule has 0 aliphatic carbocycles. The van der Waals surface area contributed by atoms with Gasteiger partial charge in [-0.15, -0.1) is 0 Å². The van der Waals surface area contributed by atoms with Crippen molar-refractivity contribution in [2.45, 2.75) is 19.9 Å². The lowest BCUT2D eigenvalue weighted by Gasteiger charge is -2.19. The van der Waals surface area contributed by atoms with Crippen molar-refractivity contribution in [3.63, 3.8) is 0 Å². The van der Waals surface area contributed by atoms with Crippen molar-refractivity contribution < 1.29 is 4.42 Å². The standard InChI is InChI=1S/C17H19N3O/c1-12-6-7-13(2)14(11-12)19-16(15-5-4-10-21-15)17-18-8-9-20(17)3/h4-11,16,19H,1-3H3. The Morgan fingerprint density at radius 1 is 1.24 bits per heavy atom. The van der Waals surface area contributed by atoms with Crippen molar-refractivity contribution in [3.8, 4) is 0 Å². The molecule has 2 aromatic heterocycles. The molecule has 0 bridgehead atoms. The molecule has 3 aromatic rings. The van der Waals surface area contributed by atoms with Gasteiger partial charge in [-0.25, -0.2) is 4.98 Å². The first-order valence-electron chi connectivity index (χ1n) is 6.99. The molecule has 0 spiro atoms. The zero-order valence-electron chi connectivity index (χ0n) is 12.5. The molecule has 108 valence electrons. The number of nitrogens with zero attached hydrogens (tertiary/aromatic N) is 2. The van der Waals surface area contributed by atoms with E-state index in [9.17, 15) is 0 Å². The average Bonchev–Trinajstić information content (AvgIpc) is 3.11. The van der Waals surface area contributed by atoms with Crippen LogP contribution in [0.5, 0.6) is 0 Å². The fourth-order valence-electron chi connectivity index (χ4n) is 2.42. The molecule has 1 aromatic carbocycles. The predicted octanol–water partition coefficient (Wildman–Crippen LogP) is 3.83. The highest BCUT2D eigenvalue weighted by molar-refractivity contribution is 5.54. The average molecular weight is 281 g/mol. The van der Waals surface area contributed by atoms with E-state index < -0.39 is 0 Å². The van der Waals surface area contributed by atoms with Gasteiger partial charge in [-0.3, -0.25) is 0 Å². The minimum absolute atomic E-state index is 0.111. The van der Waals surface area contributed by atoms with Gasteiger partial charge in [0.05, 0.1) is 6.26 Å². The zero-order valence-corrected chi connectivity index (χ0v) is 12.5. The van der Waals surface area contributed by atoms with Crippen LogP contribution < -0.4 is 5.32 Å². The lowest BCUT2D eigenvalue weighted by atomic mass is 10.1. The first-order valence-corrected chi connectivity index (χ1v) is 6.99. The summed E-state index contributed by atoms with van der Waals surface area (Å²) in [5.74, 6) is 1.77. The highest BCUT2D eigenvalue weighted by atomic mass is 16.3. The number of hydrogen-bond donors (Lipinski definition) is 1. The number of nitrogens with one attached hydrogen (secondary N) is 1. The van der Waals surface area contributed by atoms with E-state index in [2.05, 4.69) is 42.3 Å². The number of anilines is 1. The smallest absolute Gasteiger partial charge is 0.143 e. The molecule has 0 fully saturated rings. The lowest BCUT2D eigenvalue weighted by molar-refractivity contribution is 0.488. The Hall–Kier alpha value is -2.49. The van der Waals surface area contributed by atoms with Crippen molar-refractivity contribution >= 4 is 5.69 Å². The van der Waals surface area contributed by atoms with E-state index in [4.69, 9.17) is 4.42 Å². The van der Waals surface area contributed by atoms with Gasteiger partial charge in [0.1, 0.15) is 17.6 Å². The normalized spacial score (nSPS) is 12.3. The van der Waals surface area contributed by atoms with Crippen LogP contribution in [0.15, 0.2) is 53.4 Å². The summed E-state index contributed by atoms with van der Waals surface area (Å²) in [5, 5.41) is 3.56. The van der Waals surface area contributed by atoms with Crippen LogP contribution in [-0.2, 0) is 7.05 Å². The van der Waals surface area contributed by atoms with E-state index in [1.807, 2.05) is 29.9 Å². The Kier molecular flexibility index (Phi) is 3.52. The zero-order chi connectivity index (χ0) is 14.8. The molecular weight excluding hydrogens is 262 g/mol. The van der Waals surface area contributed by atoms with Gasteiger partial charge in [-0.1, -0.05) is 12.1 Å². The third-order valence-electron chi connectivity index (χ3n) is 3.64. The number of hydrogen-bond acceptors (Lipinski definition) is 3. The molecule has 4 heteroatoms. The van der Waals surface area contributed by atoms with Crippen LogP contribution in [0.4, 0.5) is 5.69 Å². The first-order chi connectivity index (χ1) is 10.1. The second-order valence-electron chi connectivity index (χ2n) is 5.31. The van der Waals surface area contributed by atoms with Crippen molar-refractivity contribution in [2.75, 3.05) is 5.32 Å². The first kappa shape index (κ1) is 13.5. The fourth-order valence-corrected chi connectivity index (χ4v) is 2.42. The van der Waals surface area contributed by atoms with Gasteiger partial charge < -0.3 is 14.3 Å². The molecule has 1 unspecified atom stereocenters. The summed E-state index contributed by atoms with van der Waals surface area (Å²) in [7, 11) is 1.99. The van der Waals surface area contributed by atoms with Gasteiger partial charge in [0.2, 0.25) is 0 Å². The molecule has 0 saturated carbocycles. The third kappa shape index (κ3) is 2.70. The number of imidazole rings is 1. The summed E-state index contributed by atoms with van der Waals surface area (Å²) in [5.41, 5.74) is 3.52. The van der Waals surface area contributed by atoms with E-state index in [1.165, 1.54) is 11.1 Å². The molecule has 0 saturated heterocycles. The number of rotatable bonds is 4. The van der Waals surface area contributed by atoms with Crippen LogP contribution in [0.1, 0.15) is 28.8 Å². The van der Waals surface area contributed by atoms with Gasteiger partial charge in [0.15, 0.2) is 0 Å². The quantitative estimate of drug-likeness (QED) is 0.790. The summed E-state index contributed by atoms with van der Waals surface area (Å²) in [6.45, 7) is 4.19. The number of aryl methyl sites for hydroxylation is 3. The van der Waals surface area contributed by atoms with Gasteiger partial charge >= 0.3 is 0 Å². The summed E-state index contributed by atoms with van der Waals surface area (Å²) >= 11 is 0. The molecule has 1 atom stereocenters.